The van der Waals surface area contributed by atoms with E-state index in [2.05, 4.69) is 17.2 Å². The number of H-pyrrole nitrogens is 1. The Bertz CT molecular complexity index is 912. The first-order valence-electron chi connectivity index (χ1n) is 10.7. The maximum atomic E-state index is 12.7. The van der Waals surface area contributed by atoms with Crippen molar-refractivity contribution in [3.05, 3.63) is 41.1 Å². The largest absolute Gasteiger partial charge is 0.490 e. The van der Waals surface area contributed by atoms with Crippen molar-refractivity contribution in [2.45, 2.75) is 46.0 Å². The molecule has 1 aliphatic heterocycles. The predicted octanol–water partition coefficient (Wildman–Crippen LogP) is 4.55. The van der Waals surface area contributed by atoms with Crippen molar-refractivity contribution in [3.8, 4) is 5.75 Å². The van der Waals surface area contributed by atoms with Crippen LogP contribution in [0, 0.1) is 5.92 Å². The van der Waals surface area contributed by atoms with Crippen LogP contribution >= 0.6 is 0 Å². The van der Waals surface area contributed by atoms with Gasteiger partial charge in [-0.3, -0.25) is 9.59 Å². The van der Waals surface area contributed by atoms with Crippen molar-refractivity contribution < 1.29 is 14.3 Å². The van der Waals surface area contributed by atoms with E-state index in [1.165, 1.54) is 0 Å². The van der Waals surface area contributed by atoms with E-state index in [0.717, 1.165) is 62.0 Å². The molecule has 2 heterocycles. The van der Waals surface area contributed by atoms with Crippen molar-refractivity contribution in [2.24, 2.45) is 5.92 Å². The summed E-state index contributed by atoms with van der Waals surface area (Å²) in [5.41, 5.74) is 3.36. The molecule has 0 saturated carbocycles. The molecule has 6 heteroatoms. The summed E-state index contributed by atoms with van der Waals surface area (Å²) in [6.45, 7) is 6.17. The standard InChI is InChI=1S/C23H29N3O3/c1-3-7-15-12-16-13-17(8-9-18(16)21(15)27)24-22-20(29-4-2)14-19(25-22)23(28)26-10-5-6-11-26/h8-9,13-15,24-25H,3-7,10-12H2,1-2H3. The van der Waals surface area contributed by atoms with Crippen molar-refractivity contribution >= 4 is 23.2 Å². The highest BCUT2D eigenvalue weighted by Gasteiger charge is 2.30. The molecule has 0 bridgehead atoms. The summed E-state index contributed by atoms with van der Waals surface area (Å²) < 4.78 is 5.74. The average Bonchev–Trinajstić information content (AvgIpc) is 3.43. The van der Waals surface area contributed by atoms with Crippen LogP contribution in [-0.2, 0) is 6.42 Å². The Hall–Kier alpha value is -2.76. The molecule has 4 rings (SSSR count). The van der Waals surface area contributed by atoms with E-state index in [1.807, 2.05) is 30.0 Å². The summed E-state index contributed by atoms with van der Waals surface area (Å²) in [5.74, 6) is 1.69. The van der Waals surface area contributed by atoms with Crippen molar-refractivity contribution in [2.75, 3.05) is 25.0 Å². The molecule has 1 aromatic heterocycles. The number of hydrogen-bond donors (Lipinski definition) is 2. The van der Waals surface area contributed by atoms with E-state index < -0.39 is 0 Å². The molecule has 1 amide bonds. The summed E-state index contributed by atoms with van der Waals surface area (Å²) in [7, 11) is 0. The van der Waals surface area contributed by atoms with Crippen LogP contribution in [0.5, 0.6) is 5.75 Å². The number of rotatable bonds is 7. The fourth-order valence-corrected chi connectivity index (χ4v) is 4.39. The third-order valence-corrected chi connectivity index (χ3v) is 5.82. The molecule has 1 aliphatic carbocycles. The Balaban J connectivity index is 1.55. The number of carbonyl (C=O) groups is 2. The lowest BCUT2D eigenvalue weighted by Gasteiger charge is -2.13. The van der Waals surface area contributed by atoms with Crippen LogP contribution < -0.4 is 10.1 Å². The lowest BCUT2D eigenvalue weighted by atomic mass is 10.00. The van der Waals surface area contributed by atoms with Crippen LogP contribution in [0.2, 0.25) is 0 Å². The van der Waals surface area contributed by atoms with Gasteiger partial charge in [-0.25, -0.2) is 0 Å². The minimum absolute atomic E-state index is 0.0125. The number of carbonyl (C=O) groups excluding carboxylic acids is 2. The second-order valence-corrected chi connectivity index (χ2v) is 7.91. The number of amides is 1. The maximum absolute atomic E-state index is 12.7. The predicted molar refractivity (Wildman–Crippen MR) is 113 cm³/mol. The van der Waals surface area contributed by atoms with Gasteiger partial charge in [0.25, 0.3) is 5.91 Å². The highest BCUT2D eigenvalue weighted by atomic mass is 16.5. The van der Waals surface area contributed by atoms with Gasteiger partial charge in [-0.15, -0.1) is 0 Å². The number of aromatic nitrogens is 1. The number of nitrogens with zero attached hydrogens (tertiary/aromatic N) is 1. The third-order valence-electron chi connectivity index (χ3n) is 5.82. The molecule has 29 heavy (non-hydrogen) atoms. The first kappa shape index (κ1) is 19.6. The van der Waals surface area contributed by atoms with Crippen molar-refractivity contribution in [3.63, 3.8) is 0 Å². The second-order valence-electron chi connectivity index (χ2n) is 7.91. The molecule has 1 fully saturated rings. The summed E-state index contributed by atoms with van der Waals surface area (Å²) >= 11 is 0. The normalized spacial score (nSPS) is 18.2. The molecular formula is C23H29N3O3. The van der Waals surface area contributed by atoms with Crippen LogP contribution in [0.15, 0.2) is 24.3 Å². The Morgan fingerprint density at radius 2 is 2.03 bits per heavy atom. The van der Waals surface area contributed by atoms with Gasteiger partial charge in [0, 0.05) is 36.3 Å². The van der Waals surface area contributed by atoms with Crippen LogP contribution in [0.25, 0.3) is 0 Å². The minimum Gasteiger partial charge on any atom is -0.490 e. The zero-order chi connectivity index (χ0) is 20.4. The second kappa shape index (κ2) is 8.31. The highest BCUT2D eigenvalue weighted by molar-refractivity contribution is 6.02. The van der Waals surface area contributed by atoms with E-state index in [4.69, 9.17) is 4.74 Å². The fourth-order valence-electron chi connectivity index (χ4n) is 4.39. The number of likely N-dealkylation sites (tertiary alicyclic amines) is 1. The van der Waals surface area contributed by atoms with E-state index in [-0.39, 0.29) is 17.6 Å². The molecule has 2 aromatic rings. The topological polar surface area (TPSA) is 74.4 Å². The zero-order valence-electron chi connectivity index (χ0n) is 17.2. The van der Waals surface area contributed by atoms with Crippen LogP contribution in [-0.4, -0.2) is 41.3 Å². The third kappa shape index (κ3) is 3.88. The molecule has 1 aromatic carbocycles. The van der Waals surface area contributed by atoms with Gasteiger partial charge in [0.15, 0.2) is 17.4 Å². The first-order chi connectivity index (χ1) is 14.1. The Morgan fingerprint density at radius 1 is 1.24 bits per heavy atom. The molecule has 1 unspecified atom stereocenters. The van der Waals surface area contributed by atoms with Crippen LogP contribution in [0.1, 0.15) is 65.9 Å². The van der Waals surface area contributed by atoms with Crippen molar-refractivity contribution in [1.82, 2.24) is 9.88 Å². The zero-order valence-corrected chi connectivity index (χ0v) is 17.2. The number of aromatic amines is 1. The number of benzene rings is 1. The van der Waals surface area contributed by atoms with E-state index in [1.54, 1.807) is 6.07 Å². The van der Waals surface area contributed by atoms with E-state index in [0.29, 0.717) is 23.9 Å². The number of Topliss-reactive ketones (excluding diaryl/α,β-unsaturated/α-hetero) is 1. The highest BCUT2D eigenvalue weighted by Crippen LogP contribution is 2.34. The molecule has 1 atom stereocenters. The summed E-state index contributed by atoms with van der Waals surface area (Å²) in [6.07, 6.45) is 4.87. The summed E-state index contributed by atoms with van der Waals surface area (Å²) in [4.78, 5) is 30.3. The quantitative estimate of drug-likeness (QED) is 0.721. The lowest BCUT2D eigenvalue weighted by molar-refractivity contribution is 0.0787. The van der Waals surface area contributed by atoms with E-state index >= 15 is 0 Å². The number of anilines is 2. The number of ketones is 1. The Labute approximate surface area is 171 Å². The molecule has 2 aliphatic rings. The lowest BCUT2D eigenvalue weighted by Crippen LogP contribution is -2.27. The number of fused-ring (bicyclic) bond motifs is 1. The molecule has 1 saturated heterocycles. The van der Waals surface area contributed by atoms with Crippen molar-refractivity contribution in [1.29, 1.82) is 0 Å². The minimum atomic E-state index is 0.0125. The number of ether oxygens (including phenoxy) is 1. The maximum Gasteiger partial charge on any atom is 0.270 e. The molecule has 0 spiro atoms. The van der Waals surface area contributed by atoms with Gasteiger partial charge in [-0.1, -0.05) is 13.3 Å². The smallest absolute Gasteiger partial charge is 0.270 e. The van der Waals surface area contributed by atoms with Gasteiger partial charge in [0.2, 0.25) is 0 Å². The fraction of sp³-hybridized carbons (Fsp3) is 0.478. The van der Waals surface area contributed by atoms with Crippen LogP contribution in [0.4, 0.5) is 11.5 Å². The van der Waals surface area contributed by atoms with Gasteiger partial charge in [0.05, 0.1) is 6.61 Å². The van der Waals surface area contributed by atoms with Gasteiger partial charge < -0.3 is 19.9 Å². The van der Waals surface area contributed by atoms with Gasteiger partial charge in [-0.05, 0) is 56.4 Å². The van der Waals surface area contributed by atoms with Gasteiger partial charge in [0.1, 0.15) is 5.69 Å². The molecule has 6 nitrogen and oxygen atoms in total. The van der Waals surface area contributed by atoms with Crippen LogP contribution in [0.3, 0.4) is 0 Å². The SMILES string of the molecule is CCCC1Cc2cc(Nc3[nH]c(C(=O)N4CCCC4)cc3OCC)ccc2C1=O. The average molecular weight is 396 g/mol. The molecule has 154 valence electrons. The molecule has 0 radical (unpaired) electrons. The Kier molecular flexibility index (Phi) is 5.60. The number of hydrogen-bond acceptors (Lipinski definition) is 4. The monoisotopic (exact) mass is 395 g/mol. The van der Waals surface area contributed by atoms with E-state index in [9.17, 15) is 9.59 Å². The first-order valence-corrected chi connectivity index (χ1v) is 10.7. The summed E-state index contributed by atoms with van der Waals surface area (Å²) in [6, 6.07) is 7.65. The van der Waals surface area contributed by atoms with Gasteiger partial charge in [-0.2, -0.15) is 0 Å². The van der Waals surface area contributed by atoms with Gasteiger partial charge >= 0.3 is 0 Å². The summed E-state index contributed by atoms with van der Waals surface area (Å²) in [5, 5.41) is 3.35. The Morgan fingerprint density at radius 3 is 2.76 bits per heavy atom. The molecular weight excluding hydrogens is 366 g/mol. The number of nitrogens with one attached hydrogen (secondary N) is 2. The molecule has 2 N–H and O–H groups in total.